The zero-order chi connectivity index (χ0) is 14.5. The summed E-state index contributed by atoms with van der Waals surface area (Å²) in [4.78, 5) is 8.32. The maximum Gasteiger partial charge on any atom is 0.115 e. The Bertz CT molecular complexity index is 580. The minimum Gasteiger partial charge on any atom is -0.310 e. The van der Waals surface area contributed by atoms with Gasteiger partial charge in [0.05, 0.1) is 0 Å². The molecule has 3 nitrogen and oxygen atoms in total. The number of benzene rings is 1. The molecule has 1 aromatic heterocycles. The van der Waals surface area contributed by atoms with Gasteiger partial charge in [-0.05, 0) is 55.3 Å². The quantitative estimate of drug-likeness (QED) is 0.883. The Kier molecular flexibility index (Phi) is 4.61. The first kappa shape index (κ1) is 14.2. The molecule has 3 rings (SSSR count). The van der Waals surface area contributed by atoms with E-state index in [1.807, 2.05) is 12.4 Å². The third kappa shape index (κ3) is 3.48. The molecular formula is C18H23N3. The number of nitrogens with zero attached hydrogens (tertiary/aromatic N) is 2. The predicted molar refractivity (Wildman–Crippen MR) is 85.2 cm³/mol. The fourth-order valence-electron chi connectivity index (χ4n) is 3.10. The van der Waals surface area contributed by atoms with E-state index < -0.39 is 0 Å². The highest BCUT2D eigenvalue weighted by Crippen LogP contribution is 2.25. The Hall–Kier alpha value is -1.74. The van der Waals surface area contributed by atoms with E-state index in [0.29, 0.717) is 6.04 Å². The first-order valence-electron chi connectivity index (χ1n) is 7.96. The van der Waals surface area contributed by atoms with Crippen LogP contribution in [0.15, 0.2) is 36.9 Å². The normalized spacial score (nSPS) is 14.9. The smallest absolute Gasteiger partial charge is 0.115 e. The van der Waals surface area contributed by atoms with Crippen LogP contribution < -0.4 is 5.32 Å². The standard InChI is InChI=1S/C18H23N3/c1-2-8-21-18(17-11-19-13-20-12-17)10-14-6-7-15-4-3-5-16(15)9-14/h6-7,9,11-13,18,21H,2-5,8,10H2,1H3. The van der Waals surface area contributed by atoms with Gasteiger partial charge in [0.25, 0.3) is 0 Å². The molecule has 0 bridgehead atoms. The van der Waals surface area contributed by atoms with Crippen molar-refractivity contribution in [3.8, 4) is 0 Å². The van der Waals surface area contributed by atoms with Crippen molar-refractivity contribution in [1.29, 1.82) is 0 Å². The molecule has 1 aliphatic carbocycles. The zero-order valence-corrected chi connectivity index (χ0v) is 12.7. The topological polar surface area (TPSA) is 37.8 Å². The van der Waals surface area contributed by atoms with Crippen LogP contribution in [-0.2, 0) is 19.3 Å². The van der Waals surface area contributed by atoms with Crippen LogP contribution in [0.25, 0.3) is 0 Å². The number of nitrogens with one attached hydrogen (secondary N) is 1. The first-order chi connectivity index (χ1) is 10.4. The van der Waals surface area contributed by atoms with E-state index in [1.165, 1.54) is 30.4 Å². The van der Waals surface area contributed by atoms with Gasteiger partial charge in [0.2, 0.25) is 0 Å². The van der Waals surface area contributed by atoms with E-state index in [0.717, 1.165) is 19.4 Å². The third-order valence-electron chi connectivity index (χ3n) is 4.23. The van der Waals surface area contributed by atoms with Crippen LogP contribution in [0.3, 0.4) is 0 Å². The highest BCUT2D eigenvalue weighted by Gasteiger charge is 2.15. The molecule has 0 saturated carbocycles. The molecule has 0 saturated heterocycles. The molecule has 1 aliphatic rings. The van der Waals surface area contributed by atoms with Gasteiger partial charge in [0.1, 0.15) is 6.33 Å². The van der Waals surface area contributed by atoms with Gasteiger partial charge in [-0.1, -0.05) is 25.1 Å². The van der Waals surface area contributed by atoms with Crippen molar-refractivity contribution in [3.63, 3.8) is 0 Å². The van der Waals surface area contributed by atoms with Crippen molar-refractivity contribution >= 4 is 0 Å². The predicted octanol–water partition coefficient (Wildman–Crippen LogP) is 3.25. The number of rotatable bonds is 6. The minimum absolute atomic E-state index is 0.297. The molecule has 1 unspecified atom stereocenters. The average molecular weight is 281 g/mol. The van der Waals surface area contributed by atoms with Crippen molar-refractivity contribution in [2.24, 2.45) is 0 Å². The van der Waals surface area contributed by atoms with Crippen LogP contribution in [0.1, 0.15) is 48.1 Å². The molecule has 110 valence electrons. The maximum absolute atomic E-state index is 4.16. The van der Waals surface area contributed by atoms with Crippen molar-refractivity contribution in [1.82, 2.24) is 15.3 Å². The number of hydrogen-bond donors (Lipinski definition) is 1. The Morgan fingerprint density at radius 1 is 1.14 bits per heavy atom. The van der Waals surface area contributed by atoms with E-state index in [1.54, 1.807) is 17.5 Å². The summed E-state index contributed by atoms with van der Waals surface area (Å²) in [6.07, 6.45) is 11.4. The first-order valence-corrected chi connectivity index (χ1v) is 7.96. The molecule has 3 heteroatoms. The molecule has 2 aromatic rings. The summed E-state index contributed by atoms with van der Waals surface area (Å²) in [6.45, 7) is 3.21. The Balaban J connectivity index is 1.77. The second kappa shape index (κ2) is 6.81. The summed E-state index contributed by atoms with van der Waals surface area (Å²) >= 11 is 0. The molecule has 21 heavy (non-hydrogen) atoms. The van der Waals surface area contributed by atoms with E-state index in [2.05, 4.69) is 40.4 Å². The van der Waals surface area contributed by atoms with Gasteiger partial charge in [-0.25, -0.2) is 9.97 Å². The molecule has 1 aromatic carbocycles. The van der Waals surface area contributed by atoms with Gasteiger partial charge in [0, 0.05) is 24.0 Å². The minimum atomic E-state index is 0.297. The van der Waals surface area contributed by atoms with Crippen molar-refractivity contribution < 1.29 is 0 Å². The highest BCUT2D eigenvalue weighted by molar-refractivity contribution is 5.36. The summed E-state index contributed by atoms with van der Waals surface area (Å²) in [5.74, 6) is 0. The third-order valence-corrected chi connectivity index (χ3v) is 4.23. The molecule has 0 aliphatic heterocycles. The van der Waals surface area contributed by atoms with E-state index in [4.69, 9.17) is 0 Å². The summed E-state index contributed by atoms with van der Waals surface area (Å²) < 4.78 is 0. The van der Waals surface area contributed by atoms with Crippen LogP contribution in [0.5, 0.6) is 0 Å². The van der Waals surface area contributed by atoms with Crippen LogP contribution >= 0.6 is 0 Å². The molecule has 1 N–H and O–H groups in total. The lowest BCUT2D eigenvalue weighted by Crippen LogP contribution is -2.24. The summed E-state index contributed by atoms with van der Waals surface area (Å²) in [5, 5.41) is 3.62. The fraction of sp³-hybridized carbons (Fsp3) is 0.444. The number of fused-ring (bicyclic) bond motifs is 1. The largest absolute Gasteiger partial charge is 0.310 e. The van der Waals surface area contributed by atoms with Gasteiger partial charge in [0.15, 0.2) is 0 Å². The van der Waals surface area contributed by atoms with Crippen LogP contribution in [0, 0.1) is 0 Å². The Morgan fingerprint density at radius 2 is 1.95 bits per heavy atom. The molecule has 0 fully saturated rings. The van der Waals surface area contributed by atoms with Crippen molar-refractivity contribution in [2.75, 3.05) is 6.54 Å². The SMILES string of the molecule is CCCNC(Cc1ccc2c(c1)CCC2)c1cncnc1. The second-order valence-electron chi connectivity index (χ2n) is 5.84. The molecule has 0 spiro atoms. The molecule has 1 heterocycles. The van der Waals surface area contributed by atoms with E-state index >= 15 is 0 Å². The molecule has 1 atom stereocenters. The lowest BCUT2D eigenvalue weighted by Gasteiger charge is -2.19. The summed E-state index contributed by atoms with van der Waals surface area (Å²) in [5.41, 5.74) is 5.67. The van der Waals surface area contributed by atoms with Crippen LogP contribution in [0.2, 0.25) is 0 Å². The molecule has 0 radical (unpaired) electrons. The van der Waals surface area contributed by atoms with Crippen molar-refractivity contribution in [3.05, 3.63) is 59.2 Å². The number of aromatic nitrogens is 2. The summed E-state index contributed by atoms with van der Waals surface area (Å²) in [6, 6.07) is 7.29. The van der Waals surface area contributed by atoms with E-state index in [-0.39, 0.29) is 0 Å². The molecular weight excluding hydrogens is 258 g/mol. The van der Waals surface area contributed by atoms with E-state index in [9.17, 15) is 0 Å². The number of hydrogen-bond acceptors (Lipinski definition) is 3. The lowest BCUT2D eigenvalue weighted by molar-refractivity contribution is 0.526. The zero-order valence-electron chi connectivity index (χ0n) is 12.7. The fourth-order valence-corrected chi connectivity index (χ4v) is 3.10. The van der Waals surface area contributed by atoms with Gasteiger partial charge in [-0.15, -0.1) is 0 Å². The van der Waals surface area contributed by atoms with Gasteiger partial charge in [-0.3, -0.25) is 0 Å². The lowest BCUT2D eigenvalue weighted by atomic mass is 9.98. The second-order valence-corrected chi connectivity index (χ2v) is 5.84. The Labute approximate surface area is 126 Å². The van der Waals surface area contributed by atoms with Gasteiger partial charge < -0.3 is 5.32 Å². The summed E-state index contributed by atoms with van der Waals surface area (Å²) in [7, 11) is 0. The van der Waals surface area contributed by atoms with Gasteiger partial charge >= 0.3 is 0 Å². The molecule has 0 amide bonds. The highest BCUT2D eigenvalue weighted by atomic mass is 14.9. The van der Waals surface area contributed by atoms with Crippen LogP contribution in [-0.4, -0.2) is 16.5 Å². The van der Waals surface area contributed by atoms with Gasteiger partial charge in [-0.2, -0.15) is 0 Å². The van der Waals surface area contributed by atoms with Crippen molar-refractivity contribution in [2.45, 2.75) is 45.1 Å². The van der Waals surface area contributed by atoms with Crippen LogP contribution in [0.4, 0.5) is 0 Å². The maximum atomic E-state index is 4.16. The Morgan fingerprint density at radius 3 is 2.76 bits per heavy atom. The number of aryl methyl sites for hydroxylation is 2. The monoisotopic (exact) mass is 281 g/mol. The average Bonchev–Trinajstić information content (AvgIpc) is 3.00.